The number of likely N-dealkylation sites (N-methyl/N-ethyl adjacent to an activating group) is 1. The van der Waals surface area contributed by atoms with Crippen molar-refractivity contribution in [3.8, 4) is 0 Å². The third-order valence-corrected chi connectivity index (χ3v) is 5.56. The average Bonchev–Trinajstić information content (AvgIpc) is 3.03. The Morgan fingerprint density at radius 3 is 2.54 bits per heavy atom. The largest absolute Gasteiger partial charge is 0.356 e. The molecule has 0 unspecified atom stereocenters. The molecule has 1 aromatic heterocycles. The highest BCUT2D eigenvalue weighted by atomic mass is 127. The molecule has 1 aliphatic heterocycles. The van der Waals surface area contributed by atoms with Crippen LogP contribution in [0, 0.1) is 6.92 Å². The molecule has 150 valence electrons. The first-order chi connectivity index (χ1) is 12.1. The van der Waals surface area contributed by atoms with E-state index < -0.39 is 0 Å². The summed E-state index contributed by atoms with van der Waals surface area (Å²) in [5.74, 6) is 0.946. The van der Waals surface area contributed by atoms with Crippen LogP contribution >= 0.6 is 35.3 Å². The van der Waals surface area contributed by atoms with Crippen molar-refractivity contribution in [1.82, 2.24) is 25.0 Å². The van der Waals surface area contributed by atoms with Crippen LogP contribution in [0.3, 0.4) is 0 Å². The summed E-state index contributed by atoms with van der Waals surface area (Å²) < 4.78 is 0. The molecule has 8 heteroatoms. The lowest BCUT2D eigenvalue weighted by atomic mass is 10.2. The van der Waals surface area contributed by atoms with Crippen molar-refractivity contribution < 1.29 is 0 Å². The van der Waals surface area contributed by atoms with Gasteiger partial charge in [-0.3, -0.25) is 4.99 Å². The number of unbranched alkanes of at least 4 members (excludes halogenated alkanes) is 1. The molecule has 1 aromatic rings. The van der Waals surface area contributed by atoms with Gasteiger partial charge in [-0.15, -0.1) is 35.3 Å². The fourth-order valence-electron chi connectivity index (χ4n) is 3.17. The second kappa shape index (κ2) is 12.9. The summed E-state index contributed by atoms with van der Waals surface area (Å²) in [5, 5.41) is 6.71. The minimum Gasteiger partial charge on any atom is -0.356 e. The van der Waals surface area contributed by atoms with Crippen molar-refractivity contribution in [2.24, 2.45) is 4.99 Å². The van der Waals surface area contributed by atoms with Crippen LogP contribution in [0.15, 0.2) is 10.4 Å². The minimum absolute atomic E-state index is 0. The normalized spacial score (nSPS) is 16.4. The van der Waals surface area contributed by atoms with Crippen molar-refractivity contribution in [3.05, 3.63) is 16.1 Å². The van der Waals surface area contributed by atoms with Crippen molar-refractivity contribution >= 4 is 41.3 Å². The number of aliphatic imine (C=N–C) groups is 1. The Labute approximate surface area is 180 Å². The van der Waals surface area contributed by atoms with Crippen LogP contribution in [0.5, 0.6) is 0 Å². The van der Waals surface area contributed by atoms with Gasteiger partial charge < -0.3 is 20.0 Å². The molecule has 1 aliphatic rings. The molecular weight excluding hydrogens is 459 g/mol. The van der Waals surface area contributed by atoms with E-state index in [1.165, 1.54) is 52.1 Å². The van der Waals surface area contributed by atoms with Gasteiger partial charge in [0.2, 0.25) is 0 Å². The SMILES string of the molecule is CCN1CCN(CCCCNC(=NC)N(C)Cc2csc(C)n2)CC1.I. The topological polar surface area (TPSA) is 47.0 Å². The van der Waals surface area contributed by atoms with Crippen LogP contribution in [0.1, 0.15) is 30.5 Å². The minimum atomic E-state index is 0. The van der Waals surface area contributed by atoms with Gasteiger partial charge in [0, 0.05) is 52.2 Å². The summed E-state index contributed by atoms with van der Waals surface area (Å²) >= 11 is 1.70. The van der Waals surface area contributed by atoms with Gasteiger partial charge in [-0.1, -0.05) is 6.92 Å². The van der Waals surface area contributed by atoms with Crippen LogP contribution in [0.2, 0.25) is 0 Å². The molecule has 0 aromatic carbocycles. The number of nitrogens with zero attached hydrogens (tertiary/aromatic N) is 5. The van der Waals surface area contributed by atoms with E-state index in [2.05, 4.69) is 49.3 Å². The Bertz CT molecular complexity index is 528. The van der Waals surface area contributed by atoms with Gasteiger partial charge in [-0.2, -0.15) is 0 Å². The zero-order valence-corrected chi connectivity index (χ0v) is 19.8. The third kappa shape index (κ3) is 8.06. The summed E-state index contributed by atoms with van der Waals surface area (Å²) in [4.78, 5) is 16.2. The molecule has 0 spiro atoms. The van der Waals surface area contributed by atoms with Gasteiger partial charge >= 0.3 is 0 Å². The summed E-state index contributed by atoms with van der Waals surface area (Å²) in [6.45, 7) is 13.4. The molecule has 0 aliphatic carbocycles. The number of guanidine groups is 1. The van der Waals surface area contributed by atoms with E-state index in [0.29, 0.717) is 0 Å². The molecule has 0 bridgehead atoms. The molecule has 2 heterocycles. The maximum absolute atomic E-state index is 4.53. The standard InChI is InChI=1S/C18H34N6S.HI/c1-5-23-10-12-24(13-11-23)9-7-6-8-20-18(19-3)22(4)14-17-15-25-16(2)21-17;/h15H,5-14H2,1-4H3,(H,19,20);1H. The highest BCUT2D eigenvalue weighted by molar-refractivity contribution is 14.0. The van der Waals surface area contributed by atoms with Crippen molar-refractivity contribution in [2.45, 2.75) is 33.2 Å². The monoisotopic (exact) mass is 494 g/mol. The summed E-state index contributed by atoms with van der Waals surface area (Å²) in [6, 6.07) is 0. The van der Waals surface area contributed by atoms with Gasteiger partial charge in [0.05, 0.1) is 17.2 Å². The van der Waals surface area contributed by atoms with Crippen LogP contribution in [-0.4, -0.2) is 85.6 Å². The predicted octanol–water partition coefficient (Wildman–Crippen LogP) is 2.49. The first-order valence-electron chi connectivity index (χ1n) is 9.40. The maximum atomic E-state index is 4.53. The predicted molar refractivity (Wildman–Crippen MR) is 123 cm³/mol. The first kappa shape index (κ1) is 23.6. The highest BCUT2D eigenvalue weighted by Gasteiger charge is 2.14. The van der Waals surface area contributed by atoms with Crippen LogP contribution in [0.4, 0.5) is 0 Å². The molecule has 2 rings (SSSR count). The van der Waals surface area contributed by atoms with E-state index in [-0.39, 0.29) is 24.0 Å². The van der Waals surface area contributed by atoms with Gasteiger partial charge in [-0.05, 0) is 32.9 Å². The van der Waals surface area contributed by atoms with E-state index in [1.807, 2.05) is 14.0 Å². The van der Waals surface area contributed by atoms with Crippen molar-refractivity contribution in [2.75, 3.05) is 59.9 Å². The smallest absolute Gasteiger partial charge is 0.193 e. The van der Waals surface area contributed by atoms with E-state index in [4.69, 9.17) is 0 Å². The fraction of sp³-hybridized carbons (Fsp3) is 0.778. The lowest BCUT2D eigenvalue weighted by molar-refractivity contribution is 0.136. The molecule has 0 amide bonds. The van der Waals surface area contributed by atoms with E-state index >= 15 is 0 Å². The maximum Gasteiger partial charge on any atom is 0.193 e. The average molecular weight is 494 g/mol. The molecule has 1 N–H and O–H groups in total. The number of thiazole rings is 1. The zero-order valence-electron chi connectivity index (χ0n) is 16.7. The first-order valence-corrected chi connectivity index (χ1v) is 10.3. The summed E-state index contributed by atoms with van der Waals surface area (Å²) in [7, 11) is 3.91. The van der Waals surface area contributed by atoms with Gasteiger partial charge in [-0.25, -0.2) is 4.98 Å². The number of hydrogen-bond donors (Lipinski definition) is 1. The molecule has 26 heavy (non-hydrogen) atoms. The van der Waals surface area contributed by atoms with E-state index in [0.717, 1.165) is 29.8 Å². The third-order valence-electron chi connectivity index (χ3n) is 4.74. The lowest BCUT2D eigenvalue weighted by Crippen LogP contribution is -2.46. The quantitative estimate of drug-likeness (QED) is 0.261. The number of nitrogens with one attached hydrogen (secondary N) is 1. The van der Waals surface area contributed by atoms with E-state index in [9.17, 15) is 0 Å². The molecule has 0 atom stereocenters. The Kier molecular flexibility index (Phi) is 11.7. The molecule has 6 nitrogen and oxygen atoms in total. The number of halogens is 1. The van der Waals surface area contributed by atoms with Crippen LogP contribution < -0.4 is 5.32 Å². The molecular formula is C18H35IN6S. The fourth-order valence-corrected chi connectivity index (χ4v) is 3.78. The zero-order chi connectivity index (χ0) is 18.1. The molecule has 1 saturated heterocycles. The lowest BCUT2D eigenvalue weighted by Gasteiger charge is -2.34. The second-order valence-electron chi connectivity index (χ2n) is 6.67. The second-order valence-corrected chi connectivity index (χ2v) is 7.73. The Morgan fingerprint density at radius 2 is 1.96 bits per heavy atom. The number of rotatable bonds is 8. The Morgan fingerprint density at radius 1 is 1.27 bits per heavy atom. The molecule has 0 radical (unpaired) electrons. The van der Waals surface area contributed by atoms with E-state index in [1.54, 1.807) is 11.3 Å². The summed E-state index contributed by atoms with van der Waals surface area (Å²) in [5.41, 5.74) is 1.11. The number of piperazine rings is 1. The number of aryl methyl sites for hydroxylation is 1. The summed E-state index contributed by atoms with van der Waals surface area (Å²) in [6.07, 6.45) is 2.42. The van der Waals surface area contributed by atoms with Crippen molar-refractivity contribution in [1.29, 1.82) is 0 Å². The molecule has 0 saturated carbocycles. The van der Waals surface area contributed by atoms with Gasteiger partial charge in [0.1, 0.15) is 0 Å². The van der Waals surface area contributed by atoms with Crippen LogP contribution in [-0.2, 0) is 6.54 Å². The Balaban J connectivity index is 0.00000338. The highest BCUT2D eigenvalue weighted by Crippen LogP contribution is 2.09. The number of aromatic nitrogens is 1. The van der Waals surface area contributed by atoms with Gasteiger partial charge in [0.25, 0.3) is 0 Å². The number of hydrogen-bond acceptors (Lipinski definition) is 5. The van der Waals surface area contributed by atoms with Gasteiger partial charge in [0.15, 0.2) is 5.96 Å². The Hall–Kier alpha value is -0.450. The van der Waals surface area contributed by atoms with Crippen LogP contribution in [0.25, 0.3) is 0 Å². The van der Waals surface area contributed by atoms with Crippen molar-refractivity contribution in [3.63, 3.8) is 0 Å². The molecule has 1 fully saturated rings.